The average molecular weight is 343 g/mol. The van der Waals surface area contributed by atoms with Crippen LogP contribution in [0.4, 0.5) is 0 Å². The first kappa shape index (κ1) is 18.0. The lowest BCUT2D eigenvalue weighted by Gasteiger charge is -2.36. The van der Waals surface area contributed by atoms with Gasteiger partial charge < -0.3 is 14.6 Å². The van der Waals surface area contributed by atoms with Crippen LogP contribution in [0.1, 0.15) is 40.0 Å². The van der Waals surface area contributed by atoms with Crippen LogP contribution in [0.3, 0.4) is 0 Å². The van der Waals surface area contributed by atoms with Crippen LogP contribution < -0.4 is 0 Å². The summed E-state index contributed by atoms with van der Waals surface area (Å²) in [5.41, 5.74) is 1.24. The van der Waals surface area contributed by atoms with Gasteiger partial charge in [-0.05, 0) is 26.7 Å². The van der Waals surface area contributed by atoms with Crippen molar-refractivity contribution in [2.75, 3.05) is 0 Å². The van der Waals surface area contributed by atoms with Gasteiger partial charge >= 0.3 is 11.9 Å². The van der Waals surface area contributed by atoms with Crippen molar-refractivity contribution >= 4 is 23.5 Å². The summed E-state index contributed by atoms with van der Waals surface area (Å²) in [6.45, 7) is 8.75. The minimum atomic E-state index is -1.08. The van der Waals surface area contributed by atoms with Crippen LogP contribution in [0.25, 0.3) is 0 Å². The van der Waals surface area contributed by atoms with E-state index in [-0.39, 0.29) is 5.57 Å². The summed E-state index contributed by atoms with van der Waals surface area (Å²) in [5.74, 6) is -1.64. The number of aliphatic hydroxyl groups is 1. The van der Waals surface area contributed by atoms with Crippen LogP contribution in [0, 0.1) is 5.92 Å². The van der Waals surface area contributed by atoms with Crippen LogP contribution in [0.5, 0.6) is 0 Å². The Labute approximate surface area is 141 Å². The molecule has 128 valence electrons. The highest BCUT2D eigenvalue weighted by Crippen LogP contribution is 2.41. The number of carbonyl (C=O) groups is 2. The second-order valence-corrected chi connectivity index (χ2v) is 7.45. The first-order valence-corrected chi connectivity index (χ1v) is 8.11. The number of hydrogen-bond acceptors (Lipinski definition) is 5. The van der Waals surface area contributed by atoms with Crippen LogP contribution in [-0.2, 0) is 19.1 Å². The van der Waals surface area contributed by atoms with Crippen LogP contribution in [-0.4, -0.2) is 40.2 Å². The lowest BCUT2D eigenvalue weighted by molar-refractivity contribution is -0.154. The number of fused-ring (bicyclic) bond motifs is 1. The van der Waals surface area contributed by atoms with Gasteiger partial charge in [-0.3, -0.25) is 4.79 Å². The molecule has 0 spiro atoms. The molecule has 1 aliphatic carbocycles. The Balaban J connectivity index is 2.45. The Hall–Kier alpha value is -1.33. The van der Waals surface area contributed by atoms with Gasteiger partial charge in [-0.15, -0.1) is 11.6 Å². The highest BCUT2D eigenvalue weighted by molar-refractivity contribution is 6.24. The van der Waals surface area contributed by atoms with E-state index in [0.717, 1.165) is 5.57 Å². The van der Waals surface area contributed by atoms with E-state index in [9.17, 15) is 14.7 Å². The van der Waals surface area contributed by atoms with Gasteiger partial charge in [0.25, 0.3) is 0 Å². The number of carbonyl (C=O) groups excluding carboxylic acids is 2. The first-order chi connectivity index (χ1) is 10.6. The number of rotatable bonds is 1. The van der Waals surface area contributed by atoms with Gasteiger partial charge in [0.1, 0.15) is 18.3 Å². The predicted octanol–water partition coefficient (Wildman–Crippen LogP) is 2.50. The standard InChI is InChI=1S/C17H23ClO5/c1-9-6-5-7-17(4,18)15(20)14-13(10(2)16(21)23-14)12(8-9)22-11(3)19/h6,12-15,20H,2,5,7-8H2,1,3-4H3/b9-6+/t12-,13-,14+,15+,17?/m1/s1. The fraction of sp³-hybridized carbons (Fsp3) is 0.647. The maximum atomic E-state index is 12.0. The lowest BCUT2D eigenvalue weighted by atomic mass is 9.80. The van der Waals surface area contributed by atoms with E-state index in [1.807, 2.05) is 13.0 Å². The maximum absolute atomic E-state index is 12.0. The van der Waals surface area contributed by atoms with Crippen molar-refractivity contribution in [3.8, 4) is 0 Å². The summed E-state index contributed by atoms with van der Waals surface area (Å²) in [4.78, 5) is 22.5. The summed E-state index contributed by atoms with van der Waals surface area (Å²) in [7, 11) is 0. The molecule has 0 bridgehead atoms. The Morgan fingerprint density at radius 2 is 2.22 bits per heavy atom. The molecule has 0 radical (unpaired) electrons. The zero-order valence-electron chi connectivity index (χ0n) is 13.7. The second-order valence-electron chi connectivity index (χ2n) is 6.59. The molecule has 1 unspecified atom stereocenters. The zero-order chi connectivity index (χ0) is 17.4. The fourth-order valence-electron chi connectivity index (χ4n) is 3.25. The van der Waals surface area contributed by atoms with Gasteiger partial charge in [-0.2, -0.15) is 0 Å². The largest absolute Gasteiger partial charge is 0.461 e. The molecule has 0 aromatic heterocycles. The molecule has 23 heavy (non-hydrogen) atoms. The van der Waals surface area contributed by atoms with Gasteiger partial charge in [0.05, 0.1) is 10.8 Å². The quantitative estimate of drug-likeness (QED) is 0.343. The molecular formula is C17H23ClO5. The van der Waals surface area contributed by atoms with E-state index in [2.05, 4.69) is 6.58 Å². The van der Waals surface area contributed by atoms with E-state index < -0.39 is 41.0 Å². The molecule has 5 atom stereocenters. The van der Waals surface area contributed by atoms with Crippen LogP contribution in [0.2, 0.25) is 0 Å². The Morgan fingerprint density at radius 1 is 1.57 bits per heavy atom. The van der Waals surface area contributed by atoms with Crippen molar-refractivity contribution < 1.29 is 24.2 Å². The zero-order valence-corrected chi connectivity index (χ0v) is 14.4. The lowest BCUT2D eigenvalue weighted by Crippen LogP contribution is -2.48. The van der Waals surface area contributed by atoms with E-state index in [0.29, 0.717) is 19.3 Å². The van der Waals surface area contributed by atoms with Crippen molar-refractivity contribution in [2.45, 2.75) is 63.2 Å². The third-order valence-corrected chi connectivity index (χ3v) is 4.97. The van der Waals surface area contributed by atoms with E-state index in [4.69, 9.17) is 21.1 Å². The normalized spacial score (nSPS) is 40.7. The third kappa shape index (κ3) is 3.78. The first-order valence-electron chi connectivity index (χ1n) is 7.73. The van der Waals surface area contributed by atoms with Gasteiger partial charge in [0.15, 0.2) is 0 Å². The number of alkyl halides is 1. The molecule has 1 N–H and O–H groups in total. The molecule has 1 fully saturated rings. The summed E-state index contributed by atoms with van der Waals surface area (Å²) < 4.78 is 10.7. The SMILES string of the molecule is C=C1C(=O)O[C@H]2[C@H]1[C@H](OC(C)=O)C/C(C)=C/CCC(C)(Cl)[C@H]2O. The Kier molecular flexibility index (Phi) is 5.21. The maximum Gasteiger partial charge on any atom is 0.334 e. The van der Waals surface area contributed by atoms with E-state index in [1.54, 1.807) is 6.92 Å². The number of aliphatic hydroxyl groups excluding tert-OH is 1. The van der Waals surface area contributed by atoms with Crippen molar-refractivity contribution in [3.05, 3.63) is 23.8 Å². The topological polar surface area (TPSA) is 72.8 Å². The van der Waals surface area contributed by atoms with Crippen molar-refractivity contribution in [1.82, 2.24) is 0 Å². The smallest absolute Gasteiger partial charge is 0.334 e. The summed E-state index contributed by atoms with van der Waals surface area (Å²) in [5, 5.41) is 10.7. The summed E-state index contributed by atoms with van der Waals surface area (Å²) in [6, 6.07) is 0. The van der Waals surface area contributed by atoms with Crippen LogP contribution >= 0.6 is 11.6 Å². The molecule has 0 saturated carbocycles. The molecule has 0 aromatic rings. The van der Waals surface area contributed by atoms with Gasteiger partial charge in [-0.25, -0.2) is 4.79 Å². The monoisotopic (exact) mass is 342 g/mol. The highest BCUT2D eigenvalue weighted by atomic mass is 35.5. The molecule has 2 aliphatic rings. The number of esters is 2. The van der Waals surface area contributed by atoms with Gasteiger partial charge in [0, 0.05) is 18.9 Å². The molecule has 6 heteroatoms. The molecule has 1 aliphatic heterocycles. The van der Waals surface area contributed by atoms with E-state index in [1.165, 1.54) is 6.92 Å². The summed E-state index contributed by atoms with van der Waals surface area (Å²) >= 11 is 6.48. The molecule has 5 nitrogen and oxygen atoms in total. The number of ether oxygens (including phenoxy) is 2. The minimum absolute atomic E-state index is 0.209. The Bertz CT molecular complexity index is 551. The predicted molar refractivity (Wildman–Crippen MR) is 85.9 cm³/mol. The molecule has 0 amide bonds. The fourth-order valence-corrected chi connectivity index (χ4v) is 3.48. The highest BCUT2D eigenvalue weighted by Gasteiger charge is 2.52. The number of halogens is 1. The summed E-state index contributed by atoms with van der Waals surface area (Å²) in [6.07, 6.45) is 1.13. The van der Waals surface area contributed by atoms with Gasteiger partial charge in [-0.1, -0.05) is 18.2 Å². The second kappa shape index (κ2) is 6.65. The van der Waals surface area contributed by atoms with Crippen molar-refractivity contribution in [1.29, 1.82) is 0 Å². The van der Waals surface area contributed by atoms with Crippen molar-refractivity contribution in [3.63, 3.8) is 0 Å². The van der Waals surface area contributed by atoms with Gasteiger partial charge in [0.2, 0.25) is 0 Å². The van der Waals surface area contributed by atoms with Crippen LogP contribution in [0.15, 0.2) is 23.8 Å². The molecule has 1 saturated heterocycles. The molecular weight excluding hydrogens is 320 g/mol. The molecule has 1 heterocycles. The number of hydrogen-bond donors (Lipinski definition) is 1. The van der Waals surface area contributed by atoms with Crippen molar-refractivity contribution in [2.24, 2.45) is 5.92 Å². The van der Waals surface area contributed by atoms with E-state index >= 15 is 0 Å². The third-order valence-electron chi connectivity index (χ3n) is 4.56. The average Bonchev–Trinajstić information content (AvgIpc) is 2.71. The molecule has 0 aromatic carbocycles. The Morgan fingerprint density at radius 3 is 2.83 bits per heavy atom. The minimum Gasteiger partial charge on any atom is -0.461 e. The number of allylic oxidation sites excluding steroid dienone is 1. The molecule has 2 rings (SSSR count).